The maximum atomic E-state index is 9.89. The topological polar surface area (TPSA) is 79.2 Å². The smallest absolute Gasteiger partial charge is 0.115 e. The number of hydrogen-bond donors (Lipinski definition) is 3. The molecule has 3 N–H and O–H groups in total. The third kappa shape index (κ3) is 14.3. The Morgan fingerprint density at radius 3 is 1.87 bits per heavy atom. The molecule has 0 amide bonds. The van der Waals surface area contributed by atoms with Crippen molar-refractivity contribution >= 4 is 0 Å². The molecule has 184 valence electrons. The number of aliphatic hydroxyl groups excluding tert-OH is 3. The van der Waals surface area contributed by atoms with E-state index in [1.807, 2.05) is 6.08 Å². The Hall–Kier alpha value is -0.460. The molecule has 1 fully saturated rings. The van der Waals surface area contributed by atoms with Gasteiger partial charge >= 0.3 is 0 Å². The molecule has 0 aromatic rings. The van der Waals surface area contributed by atoms with Gasteiger partial charge in [-0.2, -0.15) is 0 Å². The van der Waals surface area contributed by atoms with Gasteiger partial charge in [0.25, 0.3) is 0 Å². The molecule has 0 aromatic heterocycles. The van der Waals surface area contributed by atoms with E-state index in [0.29, 0.717) is 6.61 Å². The van der Waals surface area contributed by atoms with E-state index in [1.165, 1.54) is 96.3 Å². The highest BCUT2D eigenvalue weighted by atomic mass is 16.6. The van der Waals surface area contributed by atoms with Crippen LogP contribution in [0.5, 0.6) is 0 Å². The lowest BCUT2D eigenvalue weighted by Gasteiger charge is -2.23. The summed E-state index contributed by atoms with van der Waals surface area (Å²) in [5, 5.41) is 28.7. The Morgan fingerprint density at radius 2 is 1.35 bits per heavy atom. The van der Waals surface area contributed by atoms with E-state index < -0.39 is 31.0 Å². The van der Waals surface area contributed by atoms with E-state index in [0.717, 1.165) is 6.42 Å². The summed E-state index contributed by atoms with van der Waals surface area (Å²) < 4.78 is 11.0. The van der Waals surface area contributed by atoms with Gasteiger partial charge in [0.05, 0.1) is 19.8 Å². The molecule has 1 aliphatic heterocycles. The Kier molecular flexibility index (Phi) is 18.6. The van der Waals surface area contributed by atoms with Crippen LogP contribution in [-0.2, 0) is 9.47 Å². The second-order valence-electron chi connectivity index (χ2n) is 9.12. The molecule has 0 bridgehead atoms. The Bertz CT molecular complexity index is 415. The van der Waals surface area contributed by atoms with Gasteiger partial charge in [-0.25, -0.2) is 0 Å². The Labute approximate surface area is 191 Å². The van der Waals surface area contributed by atoms with Crippen molar-refractivity contribution < 1.29 is 24.8 Å². The van der Waals surface area contributed by atoms with Crippen LogP contribution in [0.3, 0.4) is 0 Å². The SMILES string of the molecule is CCCCCCCCCCCCCCCCC/C=C/CO[C@H]1[C@@H]([C@@H](O)CO)OC[C@H]1O. The van der Waals surface area contributed by atoms with Gasteiger partial charge in [-0.3, -0.25) is 0 Å². The van der Waals surface area contributed by atoms with Crippen molar-refractivity contribution in [2.75, 3.05) is 19.8 Å². The van der Waals surface area contributed by atoms with E-state index in [9.17, 15) is 10.2 Å². The third-order valence-corrected chi connectivity index (χ3v) is 6.25. The molecule has 5 heteroatoms. The number of aliphatic hydroxyl groups is 3. The first kappa shape index (κ1) is 28.6. The highest BCUT2D eigenvalue weighted by molar-refractivity contribution is 4.91. The molecule has 0 saturated carbocycles. The van der Waals surface area contributed by atoms with Gasteiger partial charge in [0.15, 0.2) is 0 Å². The Balaban J connectivity index is 1.84. The summed E-state index contributed by atoms with van der Waals surface area (Å²) in [6, 6.07) is 0. The minimum Gasteiger partial charge on any atom is -0.394 e. The predicted molar refractivity (Wildman–Crippen MR) is 127 cm³/mol. The standard InChI is InChI=1S/C26H50O5/c1-2-3-4-5-6-7-8-9-10-11-12-13-14-15-16-17-18-19-20-30-26-24(29)22-31-25(26)23(28)21-27/h18-19,23-29H,2-17,20-22H2,1H3/b19-18+/t23-,24+,25+,26+/m0/s1. The number of hydrogen-bond acceptors (Lipinski definition) is 5. The van der Waals surface area contributed by atoms with E-state index in [1.54, 1.807) is 0 Å². The van der Waals surface area contributed by atoms with Crippen LogP contribution in [0.15, 0.2) is 12.2 Å². The van der Waals surface area contributed by atoms with Crippen LogP contribution in [0.2, 0.25) is 0 Å². The van der Waals surface area contributed by atoms with Crippen molar-refractivity contribution in [2.24, 2.45) is 0 Å². The highest BCUT2D eigenvalue weighted by Crippen LogP contribution is 2.21. The van der Waals surface area contributed by atoms with Crippen LogP contribution in [0.1, 0.15) is 110 Å². The molecule has 1 aliphatic rings. The van der Waals surface area contributed by atoms with Gasteiger partial charge in [0.1, 0.15) is 24.4 Å². The largest absolute Gasteiger partial charge is 0.394 e. The summed E-state index contributed by atoms with van der Waals surface area (Å²) in [5.41, 5.74) is 0. The minimum absolute atomic E-state index is 0.134. The van der Waals surface area contributed by atoms with Gasteiger partial charge in [-0.1, -0.05) is 109 Å². The van der Waals surface area contributed by atoms with Crippen molar-refractivity contribution in [1.82, 2.24) is 0 Å². The summed E-state index contributed by atoms with van der Waals surface area (Å²) in [4.78, 5) is 0. The van der Waals surface area contributed by atoms with E-state index in [4.69, 9.17) is 14.6 Å². The Morgan fingerprint density at radius 1 is 0.839 bits per heavy atom. The molecule has 1 saturated heterocycles. The summed E-state index contributed by atoms with van der Waals surface area (Å²) in [6.07, 6.45) is 22.8. The van der Waals surface area contributed by atoms with E-state index in [2.05, 4.69) is 13.0 Å². The molecular formula is C26H50O5. The number of rotatable bonds is 21. The number of ether oxygens (including phenoxy) is 2. The van der Waals surface area contributed by atoms with Crippen molar-refractivity contribution in [3.8, 4) is 0 Å². The molecule has 4 atom stereocenters. The normalized spacial score (nSPS) is 22.5. The first-order valence-corrected chi connectivity index (χ1v) is 13.1. The highest BCUT2D eigenvalue weighted by Gasteiger charge is 2.40. The van der Waals surface area contributed by atoms with Crippen LogP contribution in [0.4, 0.5) is 0 Å². The quantitative estimate of drug-likeness (QED) is 0.166. The van der Waals surface area contributed by atoms with Gasteiger partial charge in [0, 0.05) is 0 Å². The second kappa shape index (κ2) is 20.2. The summed E-state index contributed by atoms with van der Waals surface area (Å²) in [7, 11) is 0. The van der Waals surface area contributed by atoms with Crippen LogP contribution in [0, 0.1) is 0 Å². The molecule has 0 radical (unpaired) electrons. The predicted octanol–water partition coefficient (Wildman–Crippen LogP) is 5.30. The fourth-order valence-corrected chi connectivity index (χ4v) is 4.24. The first-order valence-electron chi connectivity index (χ1n) is 13.1. The molecule has 1 heterocycles. The van der Waals surface area contributed by atoms with Crippen LogP contribution in [-0.4, -0.2) is 59.6 Å². The molecule has 31 heavy (non-hydrogen) atoms. The van der Waals surface area contributed by atoms with E-state index in [-0.39, 0.29) is 6.61 Å². The summed E-state index contributed by atoms with van der Waals surface area (Å²) in [6.45, 7) is 2.40. The van der Waals surface area contributed by atoms with Crippen molar-refractivity contribution in [3.63, 3.8) is 0 Å². The van der Waals surface area contributed by atoms with Gasteiger partial charge in [-0.15, -0.1) is 0 Å². The lowest BCUT2D eigenvalue weighted by atomic mass is 10.0. The molecule has 0 spiro atoms. The van der Waals surface area contributed by atoms with E-state index >= 15 is 0 Å². The van der Waals surface area contributed by atoms with Crippen molar-refractivity contribution in [2.45, 2.75) is 134 Å². The molecular weight excluding hydrogens is 392 g/mol. The summed E-state index contributed by atoms with van der Waals surface area (Å²) in [5.74, 6) is 0. The van der Waals surface area contributed by atoms with Gasteiger partial charge in [-0.05, 0) is 12.8 Å². The second-order valence-corrected chi connectivity index (χ2v) is 9.12. The molecule has 1 rings (SSSR count). The summed E-state index contributed by atoms with van der Waals surface area (Å²) >= 11 is 0. The lowest BCUT2D eigenvalue weighted by Crippen LogP contribution is -2.42. The van der Waals surface area contributed by atoms with Gasteiger partial charge < -0.3 is 24.8 Å². The number of allylic oxidation sites excluding steroid dienone is 1. The zero-order valence-corrected chi connectivity index (χ0v) is 20.1. The first-order chi connectivity index (χ1) is 15.2. The monoisotopic (exact) mass is 442 g/mol. The van der Waals surface area contributed by atoms with Crippen LogP contribution in [0.25, 0.3) is 0 Å². The molecule has 0 aromatic carbocycles. The fourth-order valence-electron chi connectivity index (χ4n) is 4.24. The molecule has 0 aliphatic carbocycles. The number of unbranched alkanes of at least 4 members (excludes halogenated alkanes) is 15. The van der Waals surface area contributed by atoms with Crippen LogP contribution < -0.4 is 0 Å². The zero-order valence-electron chi connectivity index (χ0n) is 20.1. The fraction of sp³-hybridized carbons (Fsp3) is 0.923. The van der Waals surface area contributed by atoms with Crippen molar-refractivity contribution in [3.05, 3.63) is 12.2 Å². The zero-order chi connectivity index (χ0) is 22.6. The average molecular weight is 443 g/mol. The maximum Gasteiger partial charge on any atom is 0.115 e. The maximum absolute atomic E-state index is 9.89. The van der Waals surface area contributed by atoms with Gasteiger partial charge in [0.2, 0.25) is 0 Å². The molecule has 5 nitrogen and oxygen atoms in total. The lowest BCUT2D eigenvalue weighted by molar-refractivity contribution is -0.0879. The van der Waals surface area contributed by atoms with Crippen molar-refractivity contribution in [1.29, 1.82) is 0 Å². The minimum atomic E-state index is -1.02. The molecule has 0 unspecified atom stereocenters. The third-order valence-electron chi connectivity index (χ3n) is 6.25. The van der Waals surface area contributed by atoms with Crippen LogP contribution >= 0.6 is 0 Å². The average Bonchev–Trinajstić information content (AvgIpc) is 3.15.